The summed E-state index contributed by atoms with van der Waals surface area (Å²) in [5, 5.41) is 11.8. The smallest absolute Gasteiger partial charge is 0.117 e. The van der Waals surface area contributed by atoms with Gasteiger partial charge >= 0.3 is 0 Å². The van der Waals surface area contributed by atoms with Gasteiger partial charge in [-0.1, -0.05) is 158 Å². The van der Waals surface area contributed by atoms with Gasteiger partial charge in [0.15, 0.2) is 0 Å². The van der Waals surface area contributed by atoms with Crippen LogP contribution in [0.15, 0.2) is 158 Å². The molecule has 1 fully saturated rings. The third kappa shape index (κ3) is 9.02. The van der Waals surface area contributed by atoms with Crippen LogP contribution >= 0.6 is 0 Å². The molecular formula is C46H43NO5. The maximum absolute atomic E-state index is 9.74. The van der Waals surface area contributed by atoms with E-state index in [-0.39, 0.29) is 13.0 Å². The summed E-state index contributed by atoms with van der Waals surface area (Å²) < 4.78 is 34.4. The number of hydrogen-bond acceptors (Lipinski definition) is 6. The SMILES string of the molecule is N#CCc1cc(C2OC(COCc3ccccc3)C(OCc3ccccc3)C(OCc3ccccc3)C2OCc2ccccc2)c2ccccc2c1. The second-order valence-corrected chi connectivity index (χ2v) is 13.1. The Morgan fingerprint density at radius 1 is 0.500 bits per heavy atom. The molecule has 0 radical (unpaired) electrons. The van der Waals surface area contributed by atoms with Gasteiger partial charge in [0.05, 0.1) is 45.5 Å². The minimum atomic E-state index is -0.573. The van der Waals surface area contributed by atoms with E-state index in [1.54, 1.807) is 0 Å². The van der Waals surface area contributed by atoms with Crippen LogP contribution in [-0.4, -0.2) is 31.0 Å². The number of nitriles is 1. The van der Waals surface area contributed by atoms with Crippen LogP contribution in [0.1, 0.15) is 39.5 Å². The molecule has 6 nitrogen and oxygen atoms in total. The van der Waals surface area contributed by atoms with Crippen LogP contribution in [0.2, 0.25) is 0 Å². The highest BCUT2D eigenvalue weighted by atomic mass is 16.6. The largest absolute Gasteiger partial charge is 0.374 e. The first-order valence-electron chi connectivity index (χ1n) is 17.9. The second kappa shape index (κ2) is 17.9. The summed E-state index contributed by atoms with van der Waals surface area (Å²) in [7, 11) is 0. The van der Waals surface area contributed by atoms with Crippen molar-refractivity contribution in [2.45, 2.75) is 63.4 Å². The van der Waals surface area contributed by atoms with Gasteiger partial charge in [-0.25, -0.2) is 0 Å². The average Bonchev–Trinajstić information content (AvgIpc) is 3.20. The van der Waals surface area contributed by atoms with E-state index in [1.165, 1.54) is 0 Å². The maximum Gasteiger partial charge on any atom is 0.117 e. The molecule has 1 saturated heterocycles. The van der Waals surface area contributed by atoms with Crippen LogP contribution < -0.4 is 0 Å². The van der Waals surface area contributed by atoms with Crippen LogP contribution in [0.25, 0.3) is 10.8 Å². The Morgan fingerprint density at radius 3 is 1.54 bits per heavy atom. The molecule has 5 unspecified atom stereocenters. The summed E-state index contributed by atoms with van der Waals surface area (Å²) in [6, 6.07) is 55.4. The molecule has 0 saturated carbocycles. The molecule has 7 rings (SSSR count). The van der Waals surface area contributed by atoms with Crippen molar-refractivity contribution in [1.29, 1.82) is 5.26 Å². The zero-order valence-electron chi connectivity index (χ0n) is 29.1. The van der Waals surface area contributed by atoms with Crippen LogP contribution in [-0.2, 0) is 56.5 Å². The molecule has 6 aromatic carbocycles. The normalized spacial score (nSPS) is 20.0. The fourth-order valence-corrected chi connectivity index (χ4v) is 6.87. The standard InChI is InChI=1S/C46H43NO5/c47-26-25-38-27-39-23-13-14-24-40(39)41(28-38)43-45(50-31-36-19-9-3-10-20-36)46(51-32-37-21-11-4-12-22-37)44(49-30-35-17-7-2-8-18-35)42(52-43)33-48-29-34-15-5-1-6-16-34/h1-24,27-28,42-46H,25,29-33H2. The molecule has 262 valence electrons. The predicted octanol–water partition coefficient (Wildman–Crippen LogP) is 9.32. The van der Waals surface area contributed by atoms with Crippen molar-refractivity contribution < 1.29 is 23.7 Å². The first kappa shape index (κ1) is 35.3. The van der Waals surface area contributed by atoms with Gasteiger partial charge < -0.3 is 23.7 Å². The fraction of sp³-hybridized carbons (Fsp3) is 0.239. The molecule has 0 N–H and O–H groups in total. The highest BCUT2D eigenvalue weighted by Gasteiger charge is 2.49. The van der Waals surface area contributed by atoms with Crippen LogP contribution in [0.5, 0.6) is 0 Å². The number of fused-ring (bicyclic) bond motifs is 1. The Balaban J connectivity index is 1.31. The number of ether oxygens (including phenoxy) is 5. The summed E-state index contributed by atoms with van der Waals surface area (Å²) in [6.07, 6.45) is -2.44. The molecule has 52 heavy (non-hydrogen) atoms. The van der Waals surface area contributed by atoms with Gasteiger partial charge in [0, 0.05) is 0 Å². The van der Waals surface area contributed by atoms with Crippen molar-refractivity contribution in [3.05, 3.63) is 191 Å². The lowest BCUT2D eigenvalue weighted by molar-refractivity contribution is -0.274. The molecule has 6 heteroatoms. The molecule has 0 aromatic heterocycles. The molecule has 0 aliphatic carbocycles. The van der Waals surface area contributed by atoms with Gasteiger partial charge in [0.2, 0.25) is 0 Å². The van der Waals surface area contributed by atoms with Crippen molar-refractivity contribution >= 4 is 10.8 Å². The zero-order chi connectivity index (χ0) is 35.4. The second-order valence-electron chi connectivity index (χ2n) is 13.1. The van der Waals surface area contributed by atoms with E-state index in [1.807, 2.05) is 84.9 Å². The number of hydrogen-bond donors (Lipinski definition) is 0. The highest BCUT2D eigenvalue weighted by molar-refractivity contribution is 5.87. The topological polar surface area (TPSA) is 69.9 Å². The first-order valence-corrected chi connectivity index (χ1v) is 17.9. The van der Waals surface area contributed by atoms with E-state index in [4.69, 9.17) is 23.7 Å². The van der Waals surface area contributed by atoms with E-state index in [9.17, 15) is 5.26 Å². The lowest BCUT2D eigenvalue weighted by atomic mass is 9.87. The lowest BCUT2D eigenvalue weighted by Crippen LogP contribution is -2.58. The highest BCUT2D eigenvalue weighted by Crippen LogP contribution is 2.41. The van der Waals surface area contributed by atoms with Gasteiger partial charge in [0.25, 0.3) is 0 Å². The zero-order valence-corrected chi connectivity index (χ0v) is 29.1. The Kier molecular flexibility index (Phi) is 12.1. The minimum Gasteiger partial charge on any atom is -0.374 e. The predicted molar refractivity (Wildman–Crippen MR) is 202 cm³/mol. The molecule has 1 aliphatic heterocycles. The Hall–Kier alpha value is -5.13. The van der Waals surface area contributed by atoms with Gasteiger partial charge in [-0.15, -0.1) is 0 Å². The molecule has 1 heterocycles. The van der Waals surface area contributed by atoms with Gasteiger partial charge in [0.1, 0.15) is 30.5 Å². The monoisotopic (exact) mass is 689 g/mol. The first-order chi connectivity index (χ1) is 25.7. The van der Waals surface area contributed by atoms with Crippen molar-refractivity contribution in [2.75, 3.05) is 6.61 Å². The minimum absolute atomic E-state index is 0.275. The number of nitrogens with zero attached hydrogens (tertiary/aromatic N) is 1. The van der Waals surface area contributed by atoms with E-state index in [0.717, 1.165) is 44.2 Å². The quantitative estimate of drug-likeness (QED) is 0.107. The van der Waals surface area contributed by atoms with E-state index < -0.39 is 30.5 Å². The van der Waals surface area contributed by atoms with E-state index >= 15 is 0 Å². The average molecular weight is 690 g/mol. The summed E-state index contributed by atoms with van der Waals surface area (Å²) in [6.45, 7) is 1.79. The number of rotatable bonds is 15. The van der Waals surface area contributed by atoms with Crippen LogP contribution in [0.3, 0.4) is 0 Å². The molecule has 0 bridgehead atoms. The third-order valence-electron chi connectivity index (χ3n) is 9.43. The van der Waals surface area contributed by atoms with E-state index in [0.29, 0.717) is 26.4 Å². The molecular weight excluding hydrogens is 647 g/mol. The van der Waals surface area contributed by atoms with Crippen molar-refractivity contribution in [1.82, 2.24) is 0 Å². The molecule has 0 spiro atoms. The summed E-state index contributed by atoms with van der Waals surface area (Å²) >= 11 is 0. The molecule has 6 aromatic rings. The fourth-order valence-electron chi connectivity index (χ4n) is 6.87. The van der Waals surface area contributed by atoms with Crippen LogP contribution in [0.4, 0.5) is 0 Å². The van der Waals surface area contributed by atoms with Crippen molar-refractivity contribution in [3.8, 4) is 6.07 Å². The Bertz CT molecular complexity index is 2020. The molecule has 5 atom stereocenters. The van der Waals surface area contributed by atoms with E-state index in [2.05, 4.69) is 78.9 Å². The summed E-state index contributed by atoms with van der Waals surface area (Å²) in [5.74, 6) is 0. The van der Waals surface area contributed by atoms with Crippen molar-refractivity contribution in [2.24, 2.45) is 0 Å². The Labute approximate surface area is 306 Å². The van der Waals surface area contributed by atoms with Crippen molar-refractivity contribution in [3.63, 3.8) is 0 Å². The van der Waals surface area contributed by atoms with Gasteiger partial charge in [-0.05, 0) is 44.2 Å². The van der Waals surface area contributed by atoms with Gasteiger partial charge in [-0.2, -0.15) is 5.26 Å². The lowest BCUT2D eigenvalue weighted by Gasteiger charge is -2.46. The van der Waals surface area contributed by atoms with Crippen LogP contribution in [0, 0.1) is 11.3 Å². The number of benzene rings is 6. The Morgan fingerprint density at radius 2 is 0.981 bits per heavy atom. The summed E-state index contributed by atoms with van der Waals surface area (Å²) in [5.41, 5.74) is 6.08. The molecule has 1 aliphatic rings. The maximum atomic E-state index is 9.74. The third-order valence-corrected chi connectivity index (χ3v) is 9.43. The molecule has 0 amide bonds. The summed E-state index contributed by atoms with van der Waals surface area (Å²) in [4.78, 5) is 0. The van der Waals surface area contributed by atoms with Gasteiger partial charge in [-0.3, -0.25) is 0 Å².